The average Bonchev–Trinajstić information content (AvgIpc) is 3.50. The molecule has 4 aliphatic carbocycles. The first-order valence-corrected chi connectivity index (χ1v) is 14.4. The van der Waals surface area contributed by atoms with E-state index in [2.05, 4.69) is 21.2 Å². The number of carbonyl (C=O) groups excluding carboxylic acids is 1. The van der Waals surface area contributed by atoms with E-state index in [0.717, 1.165) is 69.4 Å². The van der Waals surface area contributed by atoms with Crippen molar-refractivity contribution in [3.8, 4) is 11.3 Å². The van der Waals surface area contributed by atoms with Crippen LogP contribution in [0.3, 0.4) is 0 Å². The summed E-state index contributed by atoms with van der Waals surface area (Å²) in [6.07, 6.45) is 10.7. The van der Waals surface area contributed by atoms with Crippen LogP contribution in [0, 0.1) is 34.9 Å². The lowest BCUT2D eigenvalue weighted by atomic mass is 9.46. The minimum absolute atomic E-state index is 0.144. The molecule has 1 saturated heterocycles. The molecule has 3 heterocycles. The number of ether oxygens (including phenoxy) is 1. The molecule has 6 aliphatic rings. The van der Waals surface area contributed by atoms with Gasteiger partial charge in [-0.2, -0.15) is 0 Å². The van der Waals surface area contributed by atoms with Gasteiger partial charge in [0, 0.05) is 36.9 Å². The second-order valence-corrected chi connectivity index (χ2v) is 12.5. The van der Waals surface area contributed by atoms with E-state index >= 15 is 0 Å². The van der Waals surface area contributed by atoms with Gasteiger partial charge in [0.25, 0.3) is 0 Å². The molecule has 1 aromatic heterocycles. The number of nitrogens with zero attached hydrogens (tertiary/aromatic N) is 2. The van der Waals surface area contributed by atoms with Crippen LogP contribution in [0.1, 0.15) is 63.0 Å². The van der Waals surface area contributed by atoms with E-state index in [0.29, 0.717) is 42.2 Å². The number of rotatable bonds is 7. The maximum absolute atomic E-state index is 15.0. The number of hydrogen-bond donors (Lipinski definition) is 4. The predicted octanol–water partition coefficient (Wildman–Crippen LogP) is 3.77. The molecule has 2 amide bonds. The molecule has 1 aromatic carbocycles. The highest BCUT2D eigenvalue weighted by atomic mass is 19.1. The Morgan fingerprint density at radius 2 is 2.00 bits per heavy atom. The predicted molar refractivity (Wildman–Crippen MR) is 139 cm³/mol. The van der Waals surface area contributed by atoms with Gasteiger partial charge < -0.3 is 19.7 Å². The molecule has 2 aliphatic heterocycles. The monoisotopic (exact) mass is 523 g/mol. The molecule has 4 saturated carbocycles. The molecule has 4 atom stereocenters. The van der Waals surface area contributed by atoms with Crippen LogP contribution in [0.2, 0.25) is 0 Å². The Kier molecular flexibility index (Phi) is 6.21. The second-order valence-electron chi connectivity index (χ2n) is 12.5. The highest BCUT2D eigenvalue weighted by molar-refractivity contribution is 5.73. The Labute approximate surface area is 222 Å². The topological polar surface area (TPSA) is 100 Å². The van der Waals surface area contributed by atoms with Gasteiger partial charge in [-0.05, 0) is 86.5 Å². The summed E-state index contributed by atoms with van der Waals surface area (Å²) in [4.78, 5) is 16.8. The molecule has 8 nitrogen and oxygen atoms in total. The van der Waals surface area contributed by atoms with E-state index in [1.807, 2.05) is 10.6 Å². The van der Waals surface area contributed by atoms with Crippen LogP contribution in [0.5, 0.6) is 0 Å². The van der Waals surface area contributed by atoms with Crippen LogP contribution >= 0.6 is 0 Å². The van der Waals surface area contributed by atoms with Crippen molar-refractivity contribution in [3.05, 3.63) is 42.1 Å². The number of aromatic nitrogens is 2. The van der Waals surface area contributed by atoms with E-state index in [4.69, 9.17) is 4.74 Å². The van der Waals surface area contributed by atoms with Crippen LogP contribution < -0.4 is 16.2 Å². The van der Waals surface area contributed by atoms with Crippen LogP contribution in [0.4, 0.5) is 9.18 Å². The fourth-order valence-corrected chi connectivity index (χ4v) is 8.80. The highest BCUT2D eigenvalue weighted by Crippen LogP contribution is 2.62. The van der Waals surface area contributed by atoms with Crippen LogP contribution in [-0.2, 0) is 4.74 Å². The van der Waals surface area contributed by atoms with Crippen molar-refractivity contribution in [2.75, 3.05) is 19.8 Å². The SMILES string of the molecule is O=C(NCC1CCOCC1)NNC1C2CC3CC1CC(C(O)CC1c4c(F)cccc4-c4cncn41)(C3)C2. The number of aliphatic hydroxyl groups excluding tert-OH is 1. The van der Waals surface area contributed by atoms with Crippen molar-refractivity contribution in [1.82, 2.24) is 25.7 Å². The number of amides is 2. The van der Waals surface area contributed by atoms with E-state index in [-0.39, 0.29) is 29.3 Å². The zero-order valence-electron chi connectivity index (χ0n) is 21.7. The molecule has 0 radical (unpaired) electrons. The van der Waals surface area contributed by atoms with Gasteiger partial charge in [-0.25, -0.2) is 19.6 Å². The Balaban J connectivity index is 1.01. The minimum atomic E-state index is -0.516. The summed E-state index contributed by atoms with van der Waals surface area (Å²) < 4.78 is 22.4. The van der Waals surface area contributed by atoms with Crippen molar-refractivity contribution in [3.63, 3.8) is 0 Å². The minimum Gasteiger partial charge on any atom is -0.392 e. The van der Waals surface area contributed by atoms with Gasteiger partial charge in [-0.3, -0.25) is 5.43 Å². The molecule has 0 spiro atoms. The van der Waals surface area contributed by atoms with Gasteiger partial charge in [0.05, 0.1) is 30.4 Å². The number of aliphatic hydroxyl groups is 1. The zero-order chi connectivity index (χ0) is 25.9. The van der Waals surface area contributed by atoms with E-state index < -0.39 is 6.10 Å². The molecule has 8 rings (SSSR count). The largest absolute Gasteiger partial charge is 0.392 e. The maximum Gasteiger partial charge on any atom is 0.329 e. The number of urea groups is 1. The summed E-state index contributed by atoms with van der Waals surface area (Å²) in [5.74, 6) is 1.72. The van der Waals surface area contributed by atoms with Crippen molar-refractivity contribution in [2.24, 2.45) is 29.1 Å². The number of hydrogen-bond acceptors (Lipinski definition) is 5. The molecular formula is C29H38FN5O3. The molecule has 2 aromatic rings. The molecule has 9 heteroatoms. The van der Waals surface area contributed by atoms with Crippen molar-refractivity contribution < 1.29 is 19.0 Å². The highest BCUT2D eigenvalue weighted by Gasteiger charge is 2.58. The number of benzene rings is 1. The number of imidazole rings is 1. The summed E-state index contributed by atoms with van der Waals surface area (Å²) in [5, 5.41) is 14.8. The first-order valence-electron chi connectivity index (χ1n) is 14.4. The summed E-state index contributed by atoms with van der Waals surface area (Å²) in [6.45, 7) is 2.23. The number of carbonyl (C=O) groups is 1. The smallest absolute Gasteiger partial charge is 0.329 e. The maximum atomic E-state index is 15.0. The Bertz CT molecular complexity index is 1180. The Morgan fingerprint density at radius 1 is 1.21 bits per heavy atom. The lowest BCUT2D eigenvalue weighted by Gasteiger charge is -2.61. The first kappa shape index (κ1) is 24.5. The molecular weight excluding hydrogens is 485 g/mol. The Hall–Kier alpha value is -2.49. The van der Waals surface area contributed by atoms with Gasteiger partial charge >= 0.3 is 6.03 Å². The average molecular weight is 524 g/mol. The van der Waals surface area contributed by atoms with Crippen LogP contribution in [0.25, 0.3) is 11.3 Å². The van der Waals surface area contributed by atoms with Gasteiger partial charge in [-0.1, -0.05) is 12.1 Å². The Morgan fingerprint density at radius 3 is 2.79 bits per heavy atom. The fraction of sp³-hybridized carbons (Fsp3) is 0.655. The van der Waals surface area contributed by atoms with Crippen molar-refractivity contribution in [2.45, 2.75) is 69.6 Å². The van der Waals surface area contributed by atoms with Crippen LogP contribution in [-0.4, -0.2) is 52.6 Å². The first-order chi connectivity index (χ1) is 18.5. The standard InChI is InChI=1S/C29H38FN5O3/c30-22-3-1-2-21-24-15-31-16-35(24)23(26(21)22)10-25(36)29-11-18-8-19(12-29)27(20(9-18)13-29)33-34-28(37)32-14-17-4-6-38-7-5-17/h1-3,15-20,23,25,27,33,36H,4-14H2,(H2,32,34,37). The lowest BCUT2D eigenvalue weighted by Crippen LogP contribution is -2.64. The van der Waals surface area contributed by atoms with Gasteiger partial charge in [0.1, 0.15) is 5.82 Å². The molecule has 204 valence electrons. The quantitative estimate of drug-likeness (QED) is 0.414. The van der Waals surface area contributed by atoms with E-state index in [1.54, 1.807) is 18.6 Å². The van der Waals surface area contributed by atoms with Crippen molar-refractivity contribution in [1.29, 1.82) is 0 Å². The van der Waals surface area contributed by atoms with Crippen LogP contribution in [0.15, 0.2) is 30.7 Å². The summed E-state index contributed by atoms with van der Waals surface area (Å²) >= 11 is 0. The van der Waals surface area contributed by atoms with Gasteiger partial charge in [-0.15, -0.1) is 0 Å². The molecule has 38 heavy (non-hydrogen) atoms. The molecule has 5 fully saturated rings. The van der Waals surface area contributed by atoms with E-state index in [9.17, 15) is 14.3 Å². The summed E-state index contributed by atoms with van der Waals surface area (Å²) in [6, 6.07) is 5.04. The lowest BCUT2D eigenvalue weighted by molar-refractivity contribution is -0.139. The van der Waals surface area contributed by atoms with Crippen molar-refractivity contribution >= 4 is 6.03 Å². The number of halogens is 1. The number of hydrazine groups is 1. The number of fused-ring (bicyclic) bond motifs is 3. The normalized spacial score (nSPS) is 34.1. The summed E-state index contributed by atoms with van der Waals surface area (Å²) in [7, 11) is 0. The van der Waals surface area contributed by atoms with Gasteiger partial charge in [0.2, 0.25) is 0 Å². The van der Waals surface area contributed by atoms with E-state index in [1.165, 1.54) is 6.07 Å². The molecule has 4 unspecified atom stereocenters. The zero-order valence-corrected chi connectivity index (χ0v) is 21.7. The second kappa shape index (κ2) is 9.61. The molecule has 4 bridgehead atoms. The number of nitrogens with one attached hydrogen (secondary N) is 3. The third-order valence-electron chi connectivity index (χ3n) is 10.4. The fourth-order valence-electron chi connectivity index (χ4n) is 8.80. The summed E-state index contributed by atoms with van der Waals surface area (Å²) in [5.41, 5.74) is 8.66. The van der Waals surface area contributed by atoms with Gasteiger partial charge in [0.15, 0.2) is 0 Å². The third-order valence-corrected chi connectivity index (χ3v) is 10.4. The molecule has 4 N–H and O–H groups in total. The third kappa shape index (κ3) is 4.14.